The van der Waals surface area contributed by atoms with Crippen molar-refractivity contribution >= 4 is 17.3 Å². The van der Waals surface area contributed by atoms with Crippen LogP contribution in [0, 0.1) is 5.92 Å². The van der Waals surface area contributed by atoms with Crippen molar-refractivity contribution in [2.24, 2.45) is 5.92 Å². The van der Waals surface area contributed by atoms with Gasteiger partial charge in [-0.3, -0.25) is 0 Å². The summed E-state index contributed by atoms with van der Waals surface area (Å²) in [5.74, 6) is -0.530. The van der Waals surface area contributed by atoms with E-state index >= 15 is 0 Å². The van der Waals surface area contributed by atoms with Crippen LogP contribution in [-0.4, -0.2) is 35.9 Å². The minimum absolute atomic E-state index is 0.132. The lowest BCUT2D eigenvalue weighted by atomic mass is 9.82. The summed E-state index contributed by atoms with van der Waals surface area (Å²) in [7, 11) is 1.92. The first-order chi connectivity index (χ1) is 8.47. The molecule has 0 spiro atoms. The highest BCUT2D eigenvalue weighted by Crippen LogP contribution is 2.29. The molecule has 98 valence electrons. The van der Waals surface area contributed by atoms with Crippen LogP contribution in [0.2, 0.25) is 0 Å². The number of nitrogens with two attached hydrogens (primary N) is 1. The molecular weight excluding hydrogens is 232 g/mol. The molecule has 0 atom stereocenters. The van der Waals surface area contributed by atoms with E-state index in [0.717, 1.165) is 25.1 Å². The number of nitrogen functional groups attached to an aromatic ring is 1. The van der Waals surface area contributed by atoms with E-state index in [4.69, 9.17) is 10.8 Å². The Balaban J connectivity index is 2.08. The molecule has 0 aromatic heterocycles. The summed E-state index contributed by atoms with van der Waals surface area (Å²) in [4.78, 5) is 13.0. The molecule has 1 fully saturated rings. The number of carboxylic acids is 1. The van der Waals surface area contributed by atoms with Crippen LogP contribution in [-0.2, 0) is 0 Å². The van der Waals surface area contributed by atoms with Gasteiger partial charge in [-0.05, 0) is 37.0 Å². The fourth-order valence-corrected chi connectivity index (χ4v) is 2.31. The molecule has 1 aromatic rings. The number of carbonyl (C=O) groups is 1. The topological polar surface area (TPSA) is 86.8 Å². The van der Waals surface area contributed by atoms with Gasteiger partial charge in [0.05, 0.1) is 11.7 Å². The summed E-state index contributed by atoms with van der Waals surface area (Å²) in [6.45, 7) is 0.819. The highest BCUT2D eigenvalue weighted by atomic mass is 16.4. The maximum atomic E-state index is 11.0. The third-order valence-corrected chi connectivity index (χ3v) is 3.45. The van der Waals surface area contributed by atoms with Crippen LogP contribution in [0.5, 0.6) is 0 Å². The van der Waals surface area contributed by atoms with E-state index < -0.39 is 5.97 Å². The number of carboxylic acid groups (broad SMARTS) is 1. The Kier molecular flexibility index (Phi) is 3.43. The van der Waals surface area contributed by atoms with E-state index in [1.54, 1.807) is 12.1 Å². The third kappa shape index (κ3) is 2.56. The predicted octanol–water partition coefficient (Wildman–Crippen LogP) is 1.17. The number of benzene rings is 1. The SMILES string of the molecule is CN(CC1CC(O)C1)c1ccc(N)c(C(=O)O)c1. The minimum Gasteiger partial charge on any atom is -0.478 e. The average molecular weight is 250 g/mol. The molecule has 1 aliphatic carbocycles. The van der Waals surface area contributed by atoms with Gasteiger partial charge in [0, 0.05) is 25.0 Å². The molecular formula is C13H18N2O3. The Hall–Kier alpha value is -1.75. The van der Waals surface area contributed by atoms with Gasteiger partial charge in [0.1, 0.15) is 0 Å². The average Bonchev–Trinajstić information content (AvgIpc) is 2.27. The third-order valence-electron chi connectivity index (χ3n) is 3.45. The first-order valence-corrected chi connectivity index (χ1v) is 5.99. The largest absolute Gasteiger partial charge is 0.478 e. The van der Waals surface area contributed by atoms with Gasteiger partial charge in [0.15, 0.2) is 0 Å². The van der Waals surface area contributed by atoms with Gasteiger partial charge in [0.25, 0.3) is 0 Å². The molecule has 1 saturated carbocycles. The van der Waals surface area contributed by atoms with E-state index in [1.165, 1.54) is 0 Å². The van der Waals surface area contributed by atoms with Crippen LogP contribution in [0.3, 0.4) is 0 Å². The summed E-state index contributed by atoms with van der Waals surface area (Å²) in [6, 6.07) is 5.02. The molecule has 18 heavy (non-hydrogen) atoms. The van der Waals surface area contributed by atoms with Crippen LogP contribution < -0.4 is 10.6 Å². The van der Waals surface area contributed by atoms with Gasteiger partial charge in [-0.15, -0.1) is 0 Å². The smallest absolute Gasteiger partial charge is 0.337 e. The molecule has 4 N–H and O–H groups in total. The van der Waals surface area contributed by atoms with Crippen molar-refractivity contribution in [2.75, 3.05) is 24.2 Å². The second-order valence-corrected chi connectivity index (χ2v) is 4.95. The number of rotatable bonds is 4. The molecule has 0 bridgehead atoms. The number of aliphatic hydroxyl groups excluding tert-OH is 1. The predicted molar refractivity (Wildman–Crippen MR) is 69.8 cm³/mol. The first-order valence-electron chi connectivity index (χ1n) is 5.99. The second kappa shape index (κ2) is 4.86. The fraction of sp³-hybridized carbons (Fsp3) is 0.462. The highest BCUT2D eigenvalue weighted by Gasteiger charge is 2.28. The Labute approximate surface area is 106 Å². The zero-order chi connectivity index (χ0) is 13.3. The van der Waals surface area contributed by atoms with E-state index in [2.05, 4.69) is 0 Å². The Morgan fingerprint density at radius 1 is 1.50 bits per heavy atom. The maximum absolute atomic E-state index is 11.0. The van der Waals surface area contributed by atoms with E-state index in [1.807, 2.05) is 18.0 Å². The summed E-state index contributed by atoms with van der Waals surface area (Å²) < 4.78 is 0. The minimum atomic E-state index is -1.01. The number of anilines is 2. The van der Waals surface area contributed by atoms with Crippen LogP contribution in [0.4, 0.5) is 11.4 Å². The van der Waals surface area contributed by atoms with Crippen molar-refractivity contribution in [1.82, 2.24) is 0 Å². The Bertz CT molecular complexity index is 456. The number of hydrogen-bond donors (Lipinski definition) is 3. The zero-order valence-corrected chi connectivity index (χ0v) is 10.3. The molecule has 0 saturated heterocycles. The maximum Gasteiger partial charge on any atom is 0.337 e. The lowest BCUT2D eigenvalue weighted by molar-refractivity contribution is 0.0465. The first kappa shape index (κ1) is 12.7. The molecule has 0 amide bonds. The van der Waals surface area contributed by atoms with E-state index in [0.29, 0.717) is 5.92 Å². The van der Waals surface area contributed by atoms with E-state index in [9.17, 15) is 9.90 Å². The van der Waals surface area contributed by atoms with Gasteiger partial charge in [-0.25, -0.2) is 4.79 Å². The molecule has 0 aliphatic heterocycles. The molecule has 1 aliphatic rings. The lowest BCUT2D eigenvalue weighted by Gasteiger charge is -2.35. The summed E-state index contributed by atoms with van der Waals surface area (Å²) in [5, 5.41) is 18.3. The molecule has 0 radical (unpaired) electrons. The Morgan fingerprint density at radius 3 is 2.72 bits per heavy atom. The molecule has 1 aromatic carbocycles. The quantitative estimate of drug-likeness (QED) is 0.698. The van der Waals surface area contributed by atoms with Crippen LogP contribution in [0.15, 0.2) is 18.2 Å². The molecule has 0 unspecified atom stereocenters. The summed E-state index contributed by atoms with van der Waals surface area (Å²) >= 11 is 0. The second-order valence-electron chi connectivity index (χ2n) is 4.95. The number of hydrogen-bond acceptors (Lipinski definition) is 4. The van der Waals surface area contributed by atoms with Gasteiger partial charge < -0.3 is 20.8 Å². The van der Waals surface area contributed by atoms with Crippen LogP contribution in [0.25, 0.3) is 0 Å². The van der Waals surface area contributed by atoms with Crippen LogP contribution >= 0.6 is 0 Å². The Morgan fingerprint density at radius 2 is 2.17 bits per heavy atom. The molecule has 0 heterocycles. The van der Waals surface area contributed by atoms with Gasteiger partial charge in [0.2, 0.25) is 0 Å². The molecule has 5 heteroatoms. The molecule has 5 nitrogen and oxygen atoms in total. The number of nitrogens with zero attached hydrogens (tertiary/aromatic N) is 1. The standard InChI is InChI=1S/C13H18N2O3/c1-15(7-8-4-10(16)5-8)9-2-3-12(14)11(6-9)13(17)18/h2-3,6,8,10,16H,4-5,7,14H2,1H3,(H,17,18). The van der Waals surface area contributed by atoms with Crippen molar-refractivity contribution in [3.05, 3.63) is 23.8 Å². The summed E-state index contributed by atoms with van der Waals surface area (Å²) in [6.07, 6.45) is 1.49. The van der Waals surface area contributed by atoms with Crippen molar-refractivity contribution in [3.63, 3.8) is 0 Å². The lowest BCUT2D eigenvalue weighted by Crippen LogP contribution is -2.37. The van der Waals surface area contributed by atoms with Crippen molar-refractivity contribution in [2.45, 2.75) is 18.9 Å². The van der Waals surface area contributed by atoms with Crippen molar-refractivity contribution < 1.29 is 15.0 Å². The van der Waals surface area contributed by atoms with Crippen LogP contribution in [0.1, 0.15) is 23.2 Å². The number of aromatic carboxylic acids is 1. The van der Waals surface area contributed by atoms with Gasteiger partial charge >= 0.3 is 5.97 Å². The van der Waals surface area contributed by atoms with Crippen molar-refractivity contribution in [3.8, 4) is 0 Å². The van der Waals surface area contributed by atoms with Crippen molar-refractivity contribution in [1.29, 1.82) is 0 Å². The fourth-order valence-electron chi connectivity index (χ4n) is 2.31. The highest BCUT2D eigenvalue weighted by molar-refractivity contribution is 5.94. The molecule has 2 rings (SSSR count). The summed E-state index contributed by atoms with van der Waals surface area (Å²) in [5.41, 5.74) is 6.86. The number of aliphatic hydroxyl groups is 1. The monoisotopic (exact) mass is 250 g/mol. The zero-order valence-electron chi connectivity index (χ0n) is 10.3. The van der Waals surface area contributed by atoms with Gasteiger partial charge in [-0.1, -0.05) is 0 Å². The normalized spacial score (nSPS) is 22.3. The van der Waals surface area contributed by atoms with E-state index in [-0.39, 0.29) is 17.4 Å². The van der Waals surface area contributed by atoms with Gasteiger partial charge in [-0.2, -0.15) is 0 Å².